The Morgan fingerprint density at radius 2 is 1.00 bits per heavy atom. The van der Waals surface area contributed by atoms with Gasteiger partial charge >= 0.3 is 0 Å². The molecule has 0 radical (unpaired) electrons. The zero-order valence-corrected chi connectivity index (χ0v) is 9.08. The topological polar surface area (TPSA) is 26.0 Å². The van der Waals surface area contributed by atoms with Gasteiger partial charge in [0.2, 0.25) is 0 Å². The van der Waals surface area contributed by atoms with Crippen LogP contribution in [0, 0.1) is 0 Å². The first-order valence-electron chi connectivity index (χ1n) is 5.73. The molecule has 1 unspecified atom stereocenters. The van der Waals surface area contributed by atoms with Crippen LogP contribution in [0.25, 0.3) is 0 Å². The van der Waals surface area contributed by atoms with E-state index in [1.54, 1.807) is 0 Å². The number of hydrogen-bond acceptors (Lipinski definition) is 1. The van der Waals surface area contributed by atoms with Crippen molar-refractivity contribution in [3.8, 4) is 0 Å². The molecule has 0 spiro atoms. The van der Waals surface area contributed by atoms with Crippen LogP contribution in [-0.4, -0.2) is 6.04 Å². The molecule has 1 aliphatic rings. The Kier molecular flexibility index (Phi) is 2.26. The molecule has 0 aliphatic heterocycles. The summed E-state index contributed by atoms with van der Waals surface area (Å²) in [6.07, 6.45) is 0. The first-order valence-corrected chi connectivity index (χ1v) is 5.73. The van der Waals surface area contributed by atoms with E-state index in [-0.39, 0.29) is 6.04 Å². The van der Waals surface area contributed by atoms with Crippen molar-refractivity contribution in [3.63, 3.8) is 0 Å². The van der Waals surface area contributed by atoms with Crippen molar-refractivity contribution in [2.45, 2.75) is 17.9 Å². The van der Waals surface area contributed by atoms with E-state index in [0.29, 0.717) is 11.8 Å². The lowest BCUT2D eigenvalue weighted by Gasteiger charge is -1.99. The molecule has 1 nitrogen and oxygen atoms in total. The van der Waals surface area contributed by atoms with Gasteiger partial charge in [0.15, 0.2) is 0 Å². The number of nitrogens with two attached hydrogens (primary N) is 1. The van der Waals surface area contributed by atoms with Crippen LogP contribution in [-0.2, 0) is 0 Å². The Hall–Kier alpha value is -1.60. The van der Waals surface area contributed by atoms with Crippen LogP contribution in [0.1, 0.15) is 23.0 Å². The maximum absolute atomic E-state index is 6.17. The van der Waals surface area contributed by atoms with Gasteiger partial charge < -0.3 is 5.73 Å². The van der Waals surface area contributed by atoms with Gasteiger partial charge in [0, 0.05) is 17.9 Å². The highest BCUT2D eigenvalue weighted by Gasteiger charge is 2.48. The average Bonchev–Trinajstić information content (AvgIpc) is 3.03. The van der Waals surface area contributed by atoms with E-state index in [0.717, 1.165) is 0 Å². The van der Waals surface area contributed by atoms with Crippen LogP contribution >= 0.6 is 0 Å². The molecule has 1 saturated carbocycles. The zero-order chi connectivity index (χ0) is 11.0. The summed E-state index contributed by atoms with van der Waals surface area (Å²) in [6, 6.07) is 21.4. The van der Waals surface area contributed by atoms with Crippen molar-refractivity contribution < 1.29 is 0 Å². The van der Waals surface area contributed by atoms with E-state index in [2.05, 4.69) is 60.7 Å². The molecule has 16 heavy (non-hydrogen) atoms. The van der Waals surface area contributed by atoms with Crippen molar-refractivity contribution >= 4 is 0 Å². The molecule has 1 aliphatic carbocycles. The van der Waals surface area contributed by atoms with E-state index in [4.69, 9.17) is 5.73 Å². The number of rotatable bonds is 2. The van der Waals surface area contributed by atoms with Crippen molar-refractivity contribution in [2.75, 3.05) is 0 Å². The van der Waals surface area contributed by atoms with E-state index in [9.17, 15) is 0 Å². The minimum absolute atomic E-state index is 0.282. The Morgan fingerprint density at radius 3 is 1.38 bits per heavy atom. The predicted octanol–water partition coefficient (Wildman–Crippen LogP) is 2.89. The second kappa shape index (κ2) is 3.76. The SMILES string of the molecule is NC1[C@@H](c2ccccc2)[C@H]1c1ccccc1. The van der Waals surface area contributed by atoms with Crippen molar-refractivity contribution in [2.24, 2.45) is 5.73 Å². The van der Waals surface area contributed by atoms with Crippen LogP contribution in [0.4, 0.5) is 0 Å². The highest BCUT2D eigenvalue weighted by Crippen LogP contribution is 2.53. The highest BCUT2D eigenvalue weighted by molar-refractivity contribution is 5.41. The molecule has 0 amide bonds. The first-order chi connectivity index (χ1) is 7.88. The standard InChI is InChI=1S/C15H15N/c16-15-13(11-7-3-1-4-8-11)14(15)12-9-5-2-6-10-12/h1-10,13-15H,16H2/t13-,14+,15?. The lowest BCUT2D eigenvalue weighted by molar-refractivity contribution is 0.982. The minimum atomic E-state index is 0.282. The molecule has 1 fully saturated rings. The van der Waals surface area contributed by atoms with Gasteiger partial charge in [-0.1, -0.05) is 60.7 Å². The third-order valence-electron chi connectivity index (χ3n) is 3.44. The van der Waals surface area contributed by atoms with Crippen LogP contribution in [0.15, 0.2) is 60.7 Å². The Labute approximate surface area is 95.9 Å². The lowest BCUT2D eigenvalue weighted by atomic mass is 10.0. The summed E-state index contributed by atoms with van der Waals surface area (Å²) in [6.45, 7) is 0. The third kappa shape index (κ3) is 1.54. The molecule has 2 aromatic rings. The molecule has 1 heteroatoms. The van der Waals surface area contributed by atoms with Crippen molar-refractivity contribution in [3.05, 3.63) is 71.8 Å². The molecule has 2 N–H and O–H groups in total. The largest absolute Gasteiger partial charge is 0.327 e. The summed E-state index contributed by atoms with van der Waals surface area (Å²) in [4.78, 5) is 0. The summed E-state index contributed by atoms with van der Waals surface area (Å²) in [7, 11) is 0. The van der Waals surface area contributed by atoms with Crippen LogP contribution in [0.3, 0.4) is 0 Å². The first kappa shape index (κ1) is 9.61. The minimum Gasteiger partial charge on any atom is -0.327 e. The smallest absolute Gasteiger partial charge is 0.0190 e. The molecule has 0 heterocycles. The fraction of sp³-hybridized carbons (Fsp3) is 0.200. The average molecular weight is 209 g/mol. The van der Waals surface area contributed by atoms with Crippen LogP contribution < -0.4 is 5.73 Å². The fourth-order valence-electron chi connectivity index (χ4n) is 2.54. The summed E-state index contributed by atoms with van der Waals surface area (Å²) >= 11 is 0. The van der Waals surface area contributed by atoms with Gasteiger partial charge in [-0.25, -0.2) is 0 Å². The maximum Gasteiger partial charge on any atom is 0.0190 e. The molecule has 80 valence electrons. The molecular weight excluding hydrogens is 194 g/mol. The lowest BCUT2D eigenvalue weighted by Crippen LogP contribution is -2.02. The van der Waals surface area contributed by atoms with Gasteiger partial charge in [-0.15, -0.1) is 0 Å². The Balaban J connectivity index is 1.87. The van der Waals surface area contributed by atoms with Crippen molar-refractivity contribution in [1.29, 1.82) is 0 Å². The van der Waals surface area contributed by atoms with Gasteiger partial charge in [0.05, 0.1) is 0 Å². The monoisotopic (exact) mass is 209 g/mol. The Bertz CT molecular complexity index is 418. The highest BCUT2D eigenvalue weighted by atomic mass is 14.8. The molecule has 0 saturated heterocycles. The number of benzene rings is 2. The molecule has 0 bridgehead atoms. The second-order valence-corrected chi connectivity index (χ2v) is 4.45. The maximum atomic E-state index is 6.17. The van der Waals surface area contributed by atoms with Gasteiger partial charge in [-0.3, -0.25) is 0 Å². The zero-order valence-electron chi connectivity index (χ0n) is 9.08. The van der Waals surface area contributed by atoms with Gasteiger partial charge in [-0.2, -0.15) is 0 Å². The van der Waals surface area contributed by atoms with Crippen LogP contribution in [0.5, 0.6) is 0 Å². The Morgan fingerprint density at radius 1 is 0.625 bits per heavy atom. The molecule has 2 aromatic carbocycles. The summed E-state index contributed by atoms with van der Waals surface area (Å²) < 4.78 is 0. The summed E-state index contributed by atoms with van der Waals surface area (Å²) in [5.41, 5.74) is 8.90. The van der Waals surface area contributed by atoms with Crippen molar-refractivity contribution in [1.82, 2.24) is 0 Å². The van der Waals surface area contributed by atoms with Gasteiger partial charge in [-0.05, 0) is 11.1 Å². The fourth-order valence-corrected chi connectivity index (χ4v) is 2.54. The molecule has 0 aromatic heterocycles. The van der Waals surface area contributed by atoms with Gasteiger partial charge in [0.25, 0.3) is 0 Å². The predicted molar refractivity (Wildman–Crippen MR) is 66.3 cm³/mol. The summed E-state index contributed by atoms with van der Waals surface area (Å²) in [5.74, 6) is 1.01. The quantitative estimate of drug-likeness (QED) is 0.808. The summed E-state index contributed by atoms with van der Waals surface area (Å²) in [5, 5.41) is 0. The third-order valence-corrected chi connectivity index (χ3v) is 3.44. The molecule has 3 atom stereocenters. The normalized spacial score (nSPS) is 27.7. The second-order valence-electron chi connectivity index (χ2n) is 4.45. The van der Waals surface area contributed by atoms with Crippen LogP contribution in [0.2, 0.25) is 0 Å². The van der Waals surface area contributed by atoms with Gasteiger partial charge in [0.1, 0.15) is 0 Å². The van der Waals surface area contributed by atoms with E-state index < -0.39 is 0 Å². The molecular formula is C15H15N. The van der Waals surface area contributed by atoms with E-state index in [1.807, 2.05) is 0 Å². The van der Waals surface area contributed by atoms with E-state index in [1.165, 1.54) is 11.1 Å². The number of hydrogen-bond donors (Lipinski definition) is 1. The molecule has 3 rings (SSSR count). The van der Waals surface area contributed by atoms with E-state index >= 15 is 0 Å².